The van der Waals surface area contributed by atoms with Gasteiger partial charge >= 0.3 is 0 Å². The maximum Gasteiger partial charge on any atom is 0.0468 e. The summed E-state index contributed by atoms with van der Waals surface area (Å²) in [4.78, 5) is 2.44. The molecule has 190 valence electrons. The van der Waals surface area contributed by atoms with Crippen molar-refractivity contribution < 1.29 is 0 Å². The Morgan fingerprint density at radius 3 is 1.73 bits per heavy atom. The third-order valence-electron chi connectivity index (χ3n) is 8.71. The highest BCUT2D eigenvalue weighted by molar-refractivity contribution is 5.87. The molecule has 0 saturated heterocycles. The van der Waals surface area contributed by atoms with Crippen LogP contribution in [0.5, 0.6) is 0 Å². The Labute approximate surface area is 236 Å². The van der Waals surface area contributed by atoms with Crippen molar-refractivity contribution in [3.05, 3.63) is 166 Å². The molecule has 1 nitrogen and oxygen atoms in total. The van der Waals surface area contributed by atoms with Crippen LogP contribution in [0.2, 0.25) is 0 Å². The molecule has 0 saturated carbocycles. The van der Waals surface area contributed by atoms with E-state index in [0.717, 1.165) is 19.3 Å². The van der Waals surface area contributed by atoms with E-state index in [1.165, 1.54) is 78.3 Å². The summed E-state index contributed by atoms with van der Waals surface area (Å²) in [6.45, 7) is 2.23. The second-order valence-electron chi connectivity index (χ2n) is 11.2. The molecular weight excluding hydrogens is 482 g/mol. The van der Waals surface area contributed by atoms with Crippen LogP contribution >= 0.6 is 0 Å². The molecule has 0 bridgehead atoms. The molecular formula is C39H29N. The van der Waals surface area contributed by atoms with Crippen molar-refractivity contribution >= 4 is 17.1 Å². The number of rotatable bonds is 5. The van der Waals surface area contributed by atoms with Crippen molar-refractivity contribution in [1.29, 1.82) is 0 Å². The Hall–Kier alpha value is -4.84. The molecule has 0 N–H and O–H groups in total. The van der Waals surface area contributed by atoms with Crippen molar-refractivity contribution in [2.24, 2.45) is 0 Å². The van der Waals surface area contributed by atoms with Gasteiger partial charge in [0.05, 0.1) is 0 Å². The molecule has 1 heteroatoms. The van der Waals surface area contributed by atoms with Crippen molar-refractivity contribution in [3.63, 3.8) is 0 Å². The highest BCUT2D eigenvalue weighted by Crippen LogP contribution is 2.45. The number of hydrogen-bond acceptors (Lipinski definition) is 1. The van der Waals surface area contributed by atoms with Crippen LogP contribution in [-0.4, -0.2) is 0 Å². The second kappa shape index (κ2) is 9.12. The van der Waals surface area contributed by atoms with Gasteiger partial charge in [-0.15, -0.1) is 5.73 Å². The maximum atomic E-state index is 3.36. The number of fused-ring (bicyclic) bond motifs is 6. The van der Waals surface area contributed by atoms with E-state index in [4.69, 9.17) is 0 Å². The highest BCUT2D eigenvalue weighted by atomic mass is 15.1. The summed E-state index contributed by atoms with van der Waals surface area (Å²) in [7, 11) is 0. The molecule has 0 aromatic heterocycles. The first-order valence-corrected chi connectivity index (χ1v) is 14.2. The lowest BCUT2D eigenvalue weighted by molar-refractivity contribution is 1.15. The Morgan fingerprint density at radius 2 is 1.15 bits per heavy atom. The Morgan fingerprint density at radius 1 is 0.600 bits per heavy atom. The van der Waals surface area contributed by atoms with Gasteiger partial charge < -0.3 is 4.90 Å². The molecule has 0 spiro atoms. The van der Waals surface area contributed by atoms with Crippen LogP contribution in [0.25, 0.3) is 22.3 Å². The summed E-state index contributed by atoms with van der Waals surface area (Å²) >= 11 is 0. The fourth-order valence-corrected chi connectivity index (χ4v) is 6.65. The summed E-state index contributed by atoms with van der Waals surface area (Å²) in [6.07, 6.45) is 9.15. The number of anilines is 3. The predicted octanol–water partition coefficient (Wildman–Crippen LogP) is 9.80. The van der Waals surface area contributed by atoms with Gasteiger partial charge in [-0.1, -0.05) is 78.9 Å². The average molecular weight is 512 g/mol. The molecule has 0 heterocycles. The van der Waals surface area contributed by atoms with E-state index in [1.54, 1.807) is 0 Å². The topological polar surface area (TPSA) is 3.24 Å². The largest absolute Gasteiger partial charge is 0.310 e. The fourth-order valence-electron chi connectivity index (χ4n) is 6.65. The summed E-state index contributed by atoms with van der Waals surface area (Å²) in [5.74, 6) is 0. The van der Waals surface area contributed by atoms with Crippen molar-refractivity contribution in [2.45, 2.75) is 26.2 Å². The molecule has 5 aromatic rings. The third-order valence-corrected chi connectivity index (χ3v) is 8.71. The van der Waals surface area contributed by atoms with Gasteiger partial charge in [-0.25, -0.2) is 0 Å². The SMILES string of the molecule is Cc1cc(N(c2ccc3c(c2)-c2ccccc2C3)c2ccc3c(c2)-c2ccccc2C3)ccc1CC1=C=CC=C1. The van der Waals surface area contributed by atoms with Crippen LogP contribution in [0, 0.1) is 6.92 Å². The standard InChI is InChI=1S/C39H29N/c1-26-20-33(17-14-28(26)21-27-8-2-3-9-27)40(34-18-15-31-22-29-10-4-6-12-36(29)38(31)24-34)35-19-16-32-23-30-11-5-7-13-37(30)39(32)25-35/h2-8,10-20,24-25H,21-23H2,1H3. The van der Waals surface area contributed by atoms with E-state index in [0.29, 0.717) is 0 Å². The van der Waals surface area contributed by atoms with Gasteiger partial charge in [-0.2, -0.15) is 0 Å². The van der Waals surface area contributed by atoms with E-state index < -0.39 is 0 Å². The predicted molar refractivity (Wildman–Crippen MR) is 167 cm³/mol. The molecule has 0 amide bonds. The van der Waals surface area contributed by atoms with Crippen LogP contribution in [0.4, 0.5) is 17.1 Å². The molecule has 40 heavy (non-hydrogen) atoms. The lowest BCUT2D eigenvalue weighted by atomic mass is 9.99. The van der Waals surface area contributed by atoms with E-state index >= 15 is 0 Å². The number of nitrogens with zero attached hydrogens (tertiary/aromatic N) is 1. The fraction of sp³-hybridized carbons (Fsp3) is 0.103. The van der Waals surface area contributed by atoms with Crippen LogP contribution in [-0.2, 0) is 19.3 Å². The molecule has 0 unspecified atom stereocenters. The molecule has 5 aromatic carbocycles. The minimum Gasteiger partial charge on any atom is -0.310 e. The van der Waals surface area contributed by atoms with E-state index in [1.807, 2.05) is 6.08 Å². The number of allylic oxidation sites excluding steroid dienone is 3. The van der Waals surface area contributed by atoms with Crippen LogP contribution in [0.15, 0.2) is 133 Å². The van der Waals surface area contributed by atoms with Crippen LogP contribution in [0.3, 0.4) is 0 Å². The zero-order chi connectivity index (χ0) is 26.6. The van der Waals surface area contributed by atoms with Crippen molar-refractivity contribution in [3.8, 4) is 22.3 Å². The first-order valence-electron chi connectivity index (χ1n) is 14.2. The van der Waals surface area contributed by atoms with Gasteiger partial charge in [-0.05, 0) is 123 Å². The number of aryl methyl sites for hydroxylation is 1. The molecule has 3 aliphatic carbocycles. The highest BCUT2D eigenvalue weighted by Gasteiger charge is 2.23. The summed E-state index contributed by atoms with van der Waals surface area (Å²) in [5, 5.41) is 0. The number of hydrogen-bond donors (Lipinski definition) is 0. The first kappa shape index (κ1) is 23.1. The van der Waals surface area contributed by atoms with Crippen molar-refractivity contribution in [2.75, 3.05) is 4.90 Å². The number of benzene rings is 5. The third kappa shape index (κ3) is 3.79. The van der Waals surface area contributed by atoms with Crippen LogP contribution < -0.4 is 4.90 Å². The lowest BCUT2D eigenvalue weighted by Gasteiger charge is -2.27. The molecule has 0 radical (unpaired) electrons. The molecule has 8 rings (SSSR count). The lowest BCUT2D eigenvalue weighted by Crippen LogP contribution is -2.11. The normalized spacial score (nSPS) is 13.6. The molecule has 0 fully saturated rings. The van der Waals surface area contributed by atoms with E-state index in [2.05, 4.69) is 133 Å². The summed E-state index contributed by atoms with van der Waals surface area (Å²) in [5.41, 5.74) is 21.9. The van der Waals surface area contributed by atoms with Crippen molar-refractivity contribution in [1.82, 2.24) is 0 Å². The molecule has 3 aliphatic rings. The van der Waals surface area contributed by atoms with E-state index in [9.17, 15) is 0 Å². The zero-order valence-corrected chi connectivity index (χ0v) is 22.6. The first-order chi connectivity index (χ1) is 19.7. The minimum atomic E-state index is 0.907. The van der Waals surface area contributed by atoms with Gasteiger partial charge in [0, 0.05) is 23.5 Å². The van der Waals surface area contributed by atoms with E-state index in [-0.39, 0.29) is 0 Å². The second-order valence-corrected chi connectivity index (χ2v) is 11.2. The quantitative estimate of drug-likeness (QED) is 0.208. The Bertz CT molecular complexity index is 1830. The monoisotopic (exact) mass is 511 g/mol. The van der Waals surface area contributed by atoms with Gasteiger partial charge in [0.2, 0.25) is 0 Å². The maximum absolute atomic E-state index is 3.36. The smallest absolute Gasteiger partial charge is 0.0468 e. The minimum absolute atomic E-state index is 0.907. The Balaban J connectivity index is 1.27. The summed E-state index contributed by atoms with van der Waals surface area (Å²) < 4.78 is 0. The van der Waals surface area contributed by atoms with Crippen LogP contribution in [0.1, 0.15) is 33.4 Å². The average Bonchev–Trinajstić information content (AvgIpc) is 3.72. The molecule has 0 atom stereocenters. The van der Waals surface area contributed by atoms with Gasteiger partial charge in [0.25, 0.3) is 0 Å². The molecule has 0 aliphatic heterocycles. The summed E-state index contributed by atoms with van der Waals surface area (Å²) in [6, 6.07) is 38.6. The Kier molecular flexibility index (Phi) is 5.27. The van der Waals surface area contributed by atoms with Gasteiger partial charge in [0.15, 0.2) is 0 Å². The van der Waals surface area contributed by atoms with Gasteiger partial charge in [-0.3, -0.25) is 0 Å². The van der Waals surface area contributed by atoms with Gasteiger partial charge in [0.1, 0.15) is 0 Å². The zero-order valence-electron chi connectivity index (χ0n) is 22.6.